The minimum atomic E-state index is -4.86. The summed E-state index contributed by atoms with van der Waals surface area (Å²) in [4.78, 5) is 24.8. The predicted molar refractivity (Wildman–Crippen MR) is 79.8 cm³/mol. The molecule has 1 heterocycles. The van der Waals surface area contributed by atoms with Crippen molar-refractivity contribution >= 4 is 34.1 Å². The number of nitrogens with one attached hydrogen (secondary N) is 1. The van der Waals surface area contributed by atoms with Gasteiger partial charge in [-0.15, -0.1) is 0 Å². The van der Waals surface area contributed by atoms with E-state index in [2.05, 4.69) is 10.3 Å². The van der Waals surface area contributed by atoms with Gasteiger partial charge < -0.3 is 15.2 Å². The molecule has 0 saturated heterocycles. The van der Waals surface area contributed by atoms with Crippen LogP contribution in [0.3, 0.4) is 0 Å². The van der Waals surface area contributed by atoms with Gasteiger partial charge in [-0.05, 0) is 31.2 Å². The van der Waals surface area contributed by atoms with Crippen molar-refractivity contribution in [2.75, 3.05) is 11.9 Å². The highest BCUT2D eigenvalue weighted by molar-refractivity contribution is 7.17. The molecule has 2 N–H and O–H groups in total. The quantitative estimate of drug-likeness (QED) is 0.789. The molecule has 0 atom stereocenters. The third-order valence-electron chi connectivity index (χ3n) is 2.74. The van der Waals surface area contributed by atoms with E-state index in [4.69, 9.17) is 9.84 Å². The number of thiazole rings is 1. The standard InChI is InChI=1S/C14H11F3N2O4S/c1-2-23-12(22)7-3-5-8(6-4-7)18-13-19-10(14(15,16)17)9(24-13)11(20)21/h3-6H,2H2,1H3,(H,18,19)(H,20,21). The van der Waals surface area contributed by atoms with Gasteiger partial charge >= 0.3 is 18.1 Å². The van der Waals surface area contributed by atoms with Crippen molar-refractivity contribution in [3.05, 3.63) is 40.4 Å². The van der Waals surface area contributed by atoms with Crippen molar-refractivity contribution in [1.29, 1.82) is 0 Å². The Morgan fingerprint density at radius 1 is 1.29 bits per heavy atom. The topological polar surface area (TPSA) is 88.5 Å². The van der Waals surface area contributed by atoms with Gasteiger partial charge in [0.2, 0.25) is 0 Å². The van der Waals surface area contributed by atoms with Gasteiger partial charge in [-0.2, -0.15) is 13.2 Å². The average molecular weight is 360 g/mol. The Hall–Kier alpha value is -2.62. The van der Waals surface area contributed by atoms with E-state index in [1.807, 2.05) is 0 Å². The van der Waals surface area contributed by atoms with Crippen LogP contribution in [0.1, 0.15) is 32.6 Å². The van der Waals surface area contributed by atoms with Crippen LogP contribution in [0, 0.1) is 0 Å². The number of anilines is 2. The van der Waals surface area contributed by atoms with E-state index in [-0.39, 0.29) is 17.3 Å². The Kier molecular flexibility index (Phi) is 5.07. The molecule has 6 nitrogen and oxygen atoms in total. The van der Waals surface area contributed by atoms with E-state index >= 15 is 0 Å². The van der Waals surface area contributed by atoms with E-state index in [1.54, 1.807) is 6.92 Å². The largest absolute Gasteiger partial charge is 0.477 e. The summed E-state index contributed by atoms with van der Waals surface area (Å²) < 4.78 is 43.1. The van der Waals surface area contributed by atoms with Crippen molar-refractivity contribution in [2.45, 2.75) is 13.1 Å². The summed E-state index contributed by atoms with van der Waals surface area (Å²) in [5.41, 5.74) is -0.822. The summed E-state index contributed by atoms with van der Waals surface area (Å²) in [5.74, 6) is -2.23. The normalized spacial score (nSPS) is 11.2. The molecule has 0 spiro atoms. The summed E-state index contributed by atoms with van der Waals surface area (Å²) in [6, 6.07) is 5.75. The third-order valence-corrected chi connectivity index (χ3v) is 3.70. The second-order valence-electron chi connectivity index (χ2n) is 4.42. The third kappa shape index (κ3) is 4.02. The van der Waals surface area contributed by atoms with Crippen molar-refractivity contribution in [3.63, 3.8) is 0 Å². The first-order chi connectivity index (χ1) is 11.2. The number of aromatic nitrogens is 1. The Morgan fingerprint density at radius 3 is 2.38 bits per heavy atom. The fourth-order valence-corrected chi connectivity index (χ4v) is 2.58. The smallest absolute Gasteiger partial charge is 0.435 e. The average Bonchev–Trinajstić information content (AvgIpc) is 2.92. The highest BCUT2D eigenvalue weighted by atomic mass is 32.1. The highest BCUT2D eigenvalue weighted by Gasteiger charge is 2.39. The van der Waals surface area contributed by atoms with Crippen LogP contribution in [-0.4, -0.2) is 28.6 Å². The number of ether oxygens (including phenoxy) is 1. The first-order valence-electron chi connectivity index (χ1n) is 6.58. The SMILES string of the molecule is CCOC(=O)c1ccc(Nc2nc(C(F)(F)F)c(C(=O)O)s2)cc1. The molecule has 0 aliphatic rings. The molecule has 24 heavy (non-hydrogen) atoms. The molecule has 0 aliphatic heterocycles. The maximum atomic E-state index is 12.8. The molecule has 0 saturated carbocycles. The van der Waals surface area contributed by atoms with Gasteiger partial charge in [0.05, 0.1) is 12.2 Å². The molecule has 128 valence electrons. The number of rotatable bonds is 5. The number of nitrogens with zero attached hydrogens (tertiary/aromatic N) is 1. The summed E-state index contributed by atoms with van der Waals surface area (Å²) in [5, 5.41) is 11.2. The lowest BCUT2D eigenvalue weighted by atomic mass is 10.2. The molecule has 1 aromatic heterocycles. The summed E-state index contributed by atoms with van der Waals surface area (Å²) in [7, 11) is 0. The lowest BCUT2D eigenvalue weighted by molar-refractivity contribution is -0.141. The highest BCUT2D eigenvalue weighted by Crippen LogP contribution is 2.37. The van der Waals surface area contributed by atoms with Crippen molar-refractivity contribution < 1.29 is 32.6 Å². The van der Waals surface area contributed by atoms with Crippen LogP contribution in [0.15, 0.2) is 24.3 Å². The summed E-state index contributed by atoms with van der Waals surface area (Å²) in [6.45, 7) is 1.88. The number of hydrogen-bond donors (Lipinski definition) is 2. The van der Waals surface area contributed by atoms with Gasteiger partial charge in [-0.25, -0.2) is 14.6 Å². The first kappa shape index (κ1) is 17.7. The van der Waals surface area contributed by atoms with Crippen LogP contribution in [0.25, 0.3) is 0 Å². The number of benzene rings is 1. The second-order valence-corrected chi connectivity index (χ2v) is 5.42. The van der Waals surface area contributed by atoms with E-state index in [1.165, 1.54) is 24.3 Å². The lowest BCUT2D eigenvalue weighted by Gasteiger charge is -2.05. The molecular weight excluding hydrogens is 349 g/mol. The molecule has 0 amide bonds. The number of carboxylic acids is 1. The van der Waals surface area contributed by atoms with Crippen LogP contribution in [0.5, 0.6) is 0 Å². The van der Waals surface area contributed by atoms with Crippen LogP contribution in [-0.2, 0) is 10.9 Å². The van der Waals surface area contributed by atoms with Crippen molar-refractivity contribution in [3.8, 4) is 0 Å². The maximum Gasteiger partial charge on any atom is 0.435 e. The van der Waals surface area contributed by atoms with Crippen LogP contribution in [0.4, 0.5) is 24.0 Å². The lowest BCUT2D eigenvalue weighted by Crippen LogP contribution is -2.11. The van der Waals surface area contributed by atoms with Gasteiger partial charge in [-0.1, -0.05) is 11.3 Å². The van der Waals surface area contributed by atoms with Crippen LogP contribution < -0.4 is 5.32 Å². The zero-order valence-corrected chi connectivity index (χ0v) is 13.0. The number of aromatic carboxylic acids is 1. The molecule has 0 aliphatic carbocycles. The van der Waals surface area contributed by atoms with Crippen LogP contribution >= 0.6 is 11.3 Å². The minimum Gasteiger partial charge on any atom is -0.477 e. The zero-order valence-electron chi connectivity index (χ0n) is 12.2. The second kappa shape index (κ2) is 6.87. The van der Waals surface area contributed by atoms with Crippen LogP contribution in [0.2, 0.25) is 0 Å². The first-order valence-corrected chi connectivity index (χ1v) is 7.39. The molecular formula is C14H11F3N2O4S. The number of carbonyl (C=O) groups excluding carboxylic acids is 1. The fraction of sp³-hybridized carbons (Fsp3) is 0.214. The van der Waals surface area contributed by atoms with Gasteiger partial charge in [0.15, 0.2) is 10.8 Å². The summed E-state index contributed by atoms with van der Waals surface area (Å²) >= 11 is 0.375. The number of carbonyl (C=O) groups is 2. The Bertz CT molecular complexity index is 756. The molecule has 1 aromatic carbocycles. The molecule has 0 bridgehead atoms. The predicted octanol–water partition coefficient (Wildman–Crippen LogP) is 3.78. The van der Waals surface area contributed by atoms with Gasteiger partial charge in [-0.3, -0.25) is 0 Å². The molecule has 0 fully saturated rings. The van der Waals surface area contributed by atoms with E-state index < -0.39 is 28.7 Å². The Labute approximate surface area is 137 Å². The number of carboxylic acid groups (broad SMARTS) is 1. The van der Waals surface area contributed by atoms with Crippen molar-refractivity contribution in [2.24, 2.45) is 0 Å². The fourth-order valence-electron chi connectivity index (χ4n) is 1.74. The molecule has 0 radical (unpaired) electrons. The monoisotopic (exact) mass is 360 g/mol. The van der Waals surface area contributed by atoms with E-state index in [0.29, 0.717) is 17.0 Å². The summed E-state index contributed by atoms with van der Waals surface area (Å²) in [6.07, 6.45) is -4.86. The maximum absolute atomic E-state index is 12.8. The van der Waals surface area contributed by atoms with Crippen molar-refractivity contribution in [1.82, 2.24) is 4.98 Å². The number of halogens is 3. The number of esters is 1. The van der Waals surface area contributed by atoms with Gasteiger partial charge in [0.1, 0.15) is 4.88 Å². The number of hydrogen-bond acceptors (Lipinski definition) is 6. The molecule has 2 rings (SSSR count). The van der Waals surface area contributed by atoms with E-state index in [9.17, 15) is 22.8 Å². The zero-order chi connectivity index (χ0) is 17.9. The van der Waals surface area contributed by atoms with E-state index in [0.717, 1.165) is 0 Å². The van der Waals surface area contributed by atoms with Gasteiger partial charge in [0, 0.05) is 5.69 Å². The molecule has 10 heteroatoms. The molecule has 0 unspecified atom stereocenters. The number of alkyl halides is 3. The Balaban J connectivity index is 2.22. The minimum absolute atomic E-state index is 0.218. The van der Waals surface area contributed by atoms with Gasteiger partial charge in [0.25, 0.3) is 0 Å². The molecule has 2 aromatic rings. The Morgan fingerprint density at radius 2 is 1.92 bits per heavy atom.